The van der Waals surface area contributed by atoms with E-state index in [9.17, 15) is 4.79 Å². The van der Waals surface area contributed by atoms with Gasteiger partial charge in [-0.1, -0.05) is 31.2 Å². The molecule has 3 aromatic rings. The smallest absolute Gasteiger partial charge is 0.306 e. The second-order valence-corrected chi connectivity index (χ2v) is 11.5. The third kappa shape index (κ3) is 4.98. The van der Waals surface area contributed by atoms with E-state index < -0.39 is 0 Å². The predicted molar refractivity (Wildman–Crippen MR) is 149 cm³/mol. The first-order valence-corrected chi connectivity index (χ1v) is 13.8. The lowest BCUT2D eigenvalue weighted by atomic mass is 9.89. The molecule has 0 radical (unpaired) electrons. The molecule has 3 aromatic carbocycles. The van der Waals surface area contributed by atoms with Gasteiger partial charge in [0.05, 0.1) is 40.0 Å². The number of fused-ring (bicyclic) bond motifs is 2. The number of hydrogen-bond acceptors (Lipinski definition) is 6. The van der Waals surface area contributed by atoms with Crippen molar-refractivity contribution in [3.05, 3.63) is 76.3 Å². The molecule has 1 aliphatic carbocycles. The van der Waals surface area contributed by atoms with Crippen molar-refractivity contribution in [1.82, 2.24) is 0 Å². The predicted octanol–water partition coefficient (Wildman–Crippen LogP) is 6.49. The van der Waals surface area contributed by atoms with Crippen LogP contribution in [0.15, 0.2) is 48.5 Å². The van der Waals surface area contributed by atoms with Crippen LogP contribution >= 0.6 is 0 Å². The highest BCUT2D eigenvalue weighted by molar-refractivity contribution is 5.76. The summed E-state index contributed by atoms with van der Waals surface area (Å²) >= 11 is 0. The van der Waals surface area contributed by atoms with Crippen molar-refractivity contribution in [1.29, 1.82) is 0 Å². The largest absolute Gasteiger partial charge is 0.493 e. The Hall–Kier alpha value is -3.51. The minimum atomic E-state index is -0.221. The summed E-state index contributed by atoms with van der Waals surface area (Å²) in [5.74, 6) is 2.30. The second kappa shape index (κ2) is 10.2. The summed E-state index contributed by atoms with van der Waals surface area (Å²) in [7, 11) is 1.42. The van der Waals surface area contributed by atoms with E-state index in [-0.39, 0.29) is 23.4 Å². The molecule has 1 fully saturated rings. The van der Waals surface area contributed by atoms with Gasteiger partial charge in [0.2, 0.25) is 0 Å². The summed E-state index contributed by atoms with van der Waals surface area (Å²) in [5.41, 5.74) is 8.75. The number of aryl methyl sites for hydroxylation is 2. The molecule has 2 aliphatic heterocycles. The van der Waals surface area contributed by atoms with Crippen molar-refractivity contribution < 1.29 is 28.5 Å². The highest BCUT2D eigenvalue weighted by atomic mass is 16.5. The topological polar surface area (TPSA) is 63.2 Å². The van der Waals surface area contributed by atoms with Gasteiger partial charge in [0.15, 0.2) is 0 Å². The summed E-state index contributed by atoms with van der Waals surface area (Å²) in [6.45, 7) is 9.22. The molecule has 1 saturated heterocycles. The number of rotatable bonds is 8. The normalized spacial score (nSPS) is 20.4. The van der Waals surface area contributed by atoms with E-state index in [1.807, 2.05) is 18.2 Å². The molecule has 39 heavy (non-hydrogen) atoms. The van der Waals surface area contributed by atoms with Gasteiger partial charge in [-0.2, -0.15) is 0 Å². The van der Waals surface area contributed by atoms with Crippen LogP contribution in [0.4, 0.5) is 0 Å². The summed E-state index contributed by atoms with van der Waals surface area (Å²) in [5, 5.41) is 0. The molecule has 2 atom stereocenters. The molecule has 0 N–H and O–H groups in total. The number of carbonyl (C=O) groups is 1. The van der Waals surface area contributed by atoms with Crippen LogP contribution in [-0.2, 0) is 20.7 Å². The number of carbonyl (C=O) groups excluding carboxylic acids is 1. The van der Waals surface area contributed by atoms with E-state index in [0.29, 0.717) is 19.6 Å². The van der Waals surface area contributed by atoms with Crippen molar-refractivity contribution in [2.45, 2.75) is 52.1 Å². The second-order valence-electron chi connectivity index (χ2n) is 11.5. The number of esters is 1. The molecule has 0 amide bonds. The Bertz CT molecular complexity index is 1380. The molecule has 0 saturated carbocycles. The van der Waals surface area contributed by atoms with E-state index in [2.05, 4.69) is 51.1 Å². The molecule has 6 nitrogen and oxygen atoms in total. The van der Waals surface area contributed by atoms with E-state index in [0.717, 1.165) is 48.9 Å². The van der Waals surface area contributed by atoms with Gasteiger partial charge in [-0.15, -0.1) is 0 Å². The minimum Gasteiger partial charge on any atom is -0.493 e. The molecular formula is C33H36O6. The van der Waals surface area contributed by atoms with Crippen LogP contribution in [0.2, 0.25) is 0 Å². The van der Waals surface area contributed by atoms with Gasteiger partial charge < -0.3 is 23.7 Å². The maximum Gasteiger partial charge on any atom is 0.306 e. The van der Waals surface area contributed by atoms with Crippen LogP contribution in [0.5, 0.6) is 17.2 Å². The van der Waals surface area contributed by atoms with Crippen LogP contribution in [-0.4, -0.2) is 39.5 Å². The van der Waals surface area contributed by atoms with Crippen LogP contribution in [0.1, 0.15) is 59.6 Å². The standard InChI is InChI=1S/C33H36O6/c1-20-12-24(38-19-33(3)17-36-18-33)13-21(2)32(20)28-7-5-6-27-26(28)10-11-29(27)39-23-8-9-25-22(14-31(34)35-4)16-37-30(25)15-23/h5-9,12-13,15,22,29H,10-11,14,16-19H2,1-4H3/t22-,29-/m1/s1. The highest BCUT2D eigenvalue weighted by Gasteiger charge is 2.34. The first-order valence-electron chi connectivity index (χ1n) is 13.8. The van der Waals surface area contributed by atoms with Crippen molar-refractivity contribution >= 4 is 5.97 Å². The average Bonchev–Trinajstić information content (AvgIpc) is 3.50. The molecule has 0 aromatic heterocycles. The fraction of sp³-hybridized carbons (Fsp3) is 0.424. The fourth-order valence-corrected chi connectivity index (χ4v) is 6.14. The number of hydrogen-bond donors (Lipinski definition) is 0. The third-order valence-electron chi connectivity index (χ3n) is 8.26. The van der Waals surface area contributed by atoms with Crippen molar-refractivity contribution in [2.24, 2.45) is 5.41 Å². The van der Waals surface area contributed by atoms with Crippen LogP contribution in [0.25, 0.3) is 11.1 Å². The van der Waals surface area contributed by atoms with E-state index in [4.69, 9.17) is 23.7 Å². The zero-order valence-corrected chi connectivity index (χ0v) is 23.2. The van der Waals surface area contributed by atoms with Crippen LogP contribution < -0.4 is 14.2 Å². The van der Waals surface area contributed by atoms with Crippen LogP contribution in [0, 0.1) is 19.3 Å². The molecule has 2 heterocycles. The monoisotopic (exact) mass is 528 g/mol. The number of methoxy groups -OCH3 is 1. The van der Waals surface area contributed by atoms with Crippen LogP contribution in [0.3, 0.4) is 0 Å². The Kier molecular flexibility index (Phi) is 6.76. The molecule has 204 valence electrons. The SMILES string of the molecule is COC(=O)C[C@@H]1COc2cc(O[C@@H]3CCc4c(-c5c(C)cc(OCC6(C)COC6)cc5C)cccc43)ccc21. The third-order valence-corrected chi connectivity index (χ3v) is 8.26. The highest BCUT2D eigenvalue weighted by Crippen LogP contribution is 2.44. The Morgan fingerprint density at radius 1 is 1.03 bits per heavy atom. The van der Waals surface area contributed by atoms with Crippen molar-refractivity contribution in [3.8, 4) is 28.4 Å². The zero-order chi connectivity index (χ0) is 27.1. The number of benzene rings is 3. The number of ether oxygens (including phenoxy) is 5. The molecule has 0 unspecified atom stereocenters. The molecular weight excluding hydrogens is 492 g/mol. The van der Waals surface area contributed by atoms with Gasteiger partial charge in [-0.05, 0) is 78.3 Å². The molecule has 6 heteroatoms. The Morgan fingerprint density at radius 3 is 2.54 bits per heavy atom. The van der Waals surface area contributed by atoms with E-state index in [1.165, 1.54) is 40.5 Å². The summed E-state index contributed by atoms with van der Waals surface area (Å²) in [4.78, 5) is 11.7. The van der Waals surface area contributed by atoms with E-state index >= 15 is 0 Å². The van der Waals surface area contributed by atoms with Gasteiger partial charge in [-0.25, -0.2) is 0 Å². The molecule has 0 bridgehead atoms. The Morgan fingerprint density at radius 2 is 1.82 bits per heavy atom. The first-order chi connectivity index (χ1) is 18.8. The Balaban J connectivity index is 1.20. The lowest BCUT2D eigenvalue weighted by molar-refractivity contribution is -0.141. The van der Waals surface area contributed by atoms with Gasteiger partial charge in [0.25, 0.3) is 0 Å². The van der Waals surface area contributed by atoms with Crippen molar-refractivity contribution in [3.63, 3.8) is 0 Å². The lowest BCUT2D eigenvalue weighted by Crippen LogP contribution is -2.44. The minimum absolute atomic E-state index is 0.0149. The molecule has 6 rings (SSSR count). The first kappa shape index (κ1) is 25.8. The molecule has 0 spiro atoms. The lowest BCUT2D eigenvalue weighted by Gasteiger charge is -2.37. The Labute approximate surface area is 230 Å². The maximum absolute atomic E-state index is 11.7. The summed E-state index contributed by atoms with van der Waals surface area (Å²) in [6, 6.07) is 16.8. The van der Waals surface area contributed by atoms with Gasteiger partial charge in [-0.3, -0.25) is 4.79 Å². The van der Waals surface area contributed by atoms with Gasteiger partial charge in [0.1, 0.15) is 23.4 Å². The molecule has 3 aliphatic rings. The quantitative estimate of drug-likeness (QED) is 0.312. The van der Waals surface area contributed by atoms with Crippen molar-refractivity contribution in [2.75, 3.05) is 33.5 Å². The van der Waals surface area contributed by atoms with E-state index in [1.54, 1.807) is 0 Å². The zero-order valence-electron chi connectivity index (χ0n) is 23.2. The maximum atomic E-state index is 11.7. The van der Waals surface area contributed by atoms with Gasteiger partial charge >= 0.3 is 5.97 Å². The summed E-state index contributed by atoms with van der Waals surface area (Å²) < 4.78 is 28.8. The fourth-order valence-electron chi connectivity index (χ4n) is 6.14. The average molecular weight is 529 g/mol. The van der Waals surface area contributed by atoms with Gasteiger partial charge in [0, 0.05) is 23.0 Å². The summed E-state index contributed by atoms with van der Waals surface area (Å²) in [6.07, 6.45) is 2.20.